The van der Waals surface area contributed by atoms with Gasteiger partial charge < -0.3 is 15.3 Å². The topological polar surface area (TPSA) is 107 Å². The van der Waals surface area contributed by atoms with E-state index in [0.717, 1.165) is 0 Å². The molecule has 74 valence electrons. The molecule has 12 heavy (non-hydrogen) atoms. The zero-order chi connectivity index (χ0) is 9.61. The van der Waals surface area contributed by atoms with Crippen molar-refractivity contribution < 1.29 is 28.3 Å². The molecule has 0 aliphatic heterocycles. The molecular formula is C5H12O6S. The average molecular weight is 200 g/mol. The number of rotatable bonds is 6. The molecule has 0 bridgehead atoms. The van der Waals surface area contributed by atoms with Gasteiger partial charge in [0.2, 0.25) is 0 Å². The highest BCUT2D eigenvalue weighted by atomic mass is 32.2. The zero-order valence-electron chi connectivity index (χ0n) is 6.34. The lowest BCUT2D eigenvalue weighted by Gasteiger charge is -2.25. The molecule has 1 unspecified atom stereocenters. The fourth-order valence-electron chi connectivity index (χ4n) is 0.462. The van der Waals surface area contributed by atoms with Gasteiger partial charge >= 0.3 is 11.4 Å². The van der Waals surface area contributed by atoms with Crippen LogP contribution in [0.3, 0.4) is 0 Å². The second kappa shape index (κ2) is 5.57. The van der Waals surface area contributed by atoms with Crippen LogP contribution in [0.15, 0.2) is 0 Å². The SMILES string of the molecule is O=S(O)OCC(CO)(CO)CO. The van der Waals surface area contributed by atoms with Crippen LogP contribution in [0.4, 0.5) is 0 Å². The Kier molecular flexibility index (Phi) is 5.55. The summed E-state index contributed by atoms with van der Waals surface area (Å²) in [7, 11) is 0. The van der Waals surface area contributed by atoms with E-state index in [9.17, 15) is 4.21 Å². The normalized spacial score (nSPS) is 14.7. The first kappa shape index (κ1) is 11.9. The summed E-state index contributed by atoms with van der Waals surface area (Å²) in [5, 5.41) is 26.1. The van der Waals surface area contributed by atoms with E-state index in [2.05, 4.69) is 4.18 Å². The maximum absolute atomic E-state index is 10.0. The Labute approximate surface area is 72.3 Å². The van der Waals surface area contributed by atoms with E-state index in [1.165, 1.54) is 0 Å². The van der Waals surface area contributed by atoms with Crippen molar-refractivity contribution in [1.29, 1.82) is 0 Å². The number of aliphatic hydroxyl groups is 3. The molecule has 0 amide bonds. The summed E-state index contributed by atoms with van der Waals surface area (Å²) in [6.45, 7) is -1.93. The molecule has 0 aromatic heterocycles. The van der Waals surface area contributed by atoms with Gasteiger partial charge in [-0.25, -0.2) is 0 Å². The standard InChI is InChI=1S/C5H12O6S/c6-1-5(2-7,3-8)4-11-12(9)10/h6-8H,1-4H2,(H,9,10). The molecule has 4 N–H and O–H groups in total. The van der Waals surface area contributed by atoms with Crippen molar-refractivity contribution in [3.8, 4) is 0 Å². The summed E-state index contributed by atoms with van der Waals surface area (Å²) in [4.78, 5) is 0. The molecule has 0 aliphatic carbocycles. The predicted octanol–water partition coefficient (Wildman–Crippen LogP) is -1.90. The Morgan fingerprint density at radius 2 is 1.58 bits per heavy atom. The Bertz CT molecular complexity index is 137. The molecule has 0 aromatic rings. The molecule has 7 heteroatoms. The Hall–Kier alpha value is -0.0500. The van der Waals surface area contributed by atoms with Crippen LogP contribution in [0, 0.1) is 5.41 Å². The van der Waals surface area contributed by atoms with Crippen LogP contribution in [-0.4, -0.2) is 50.5 Å². The molecule has 0 radical (unpaired) electrons. The van der Waals surface area contributed by atoms with Gasteiger partial charge in [-0.1, -0.05) is 0 Å². The van der Waals surface area contributed by atoms with Crippen LogP contribution in [0.2, 0.25) is 0 Å². The first-order chi connectivity index (χ1) is 5.60. The van der Waals surface area contributed by atoms with Crippen molar-refractivity contribution in [2.75, 3.05) is 26.4 Å². The number of aliphatic hydroxyl groups excluding tert-OH is 3. The lowest BCUT2D eigenvalue weighted by Crippen LogP contribution is -2.38. The number of hydrogen-bond acceptors (Lipinski definition) is 5. The Morgan fingerprint density at radius 1 is 1.17 bits per heavy atom. The number of hydrogen-bond donors (Lipinski definition) is 4. The molecule has 0 aliphatic rings. The molecule has 1 atom stereocenters. The molecule has 0 spiro atoms. The van der Waals surface area contributed by atoms with Crippen LogP contribution in [0.25, 0.3) is 0 Å². The maximum atomic E-state index is 10.0. The minimum atomic E-state index is -2.45. The van der Waals surface area contributed by atoms with Gasteiger partial charge in [-0.05, 0) is 0 Å². The van der Waals surface area contributed by atoms with Crippen LogP contribution in [-0.2, 0) is 15.5 Å². The molecule has 0 aromatic carbocycles. The fourth-order valence-corrected chi connectivity index (χ4v) is 0.813. The monoisotopic (exact) mass is 200 g/mol. The van der Waals surface area contributed by atoms with Crippen molar-refractivity contribution in [3.05, 3.63) is 0 Å². The van der Waals surface area contributed by atoms with Crippen molar-refractivity contribution >= 4 is 11.4 Å². The van der Waals surface area contributed by atoms with Crippen molar-refractivity contribution in [2.45, 2.75) is 0 Å². The van der Waals surface area contributed by atoms with E-state index in [0.29, 0.717) is 0 Å². The molecule has 6 nitrogen and oxygen atoms in total. The van der Waals surface area contributed by atoms with E-state index in [1.54, 1.807) is 0 Å². The molecule has 0 fully saturated rings. The van der Waals surface area contributed by atoms with Gasteiger partial charge in [0.1, 0.15) is 0 Å². The highest BCUT2D eigenvalue weighted by molar-refractivity contribution is 7.74. The molecule has 0 heterocycles. The summed E-state index contributed by atoms with van der Waals surface area (Å²) in [5.74, 6) is 0. The second-order valence-electron chi connectivity index (χ2n) is 2.45. The minimum Gasteiger partial charge on any atom is -0.396 e. The van der Waals surface area contributed by atoms with Gasteiger partial charge in [-0.3, -0.25) is 8.74 Å². The van der Waals surface area contributed by atoms with Crippen molar-refractivity contribution in [3.63, 3.8) is 0 Å². The van der Waals surface area contributed by atoms with Gasteiger partial charge in [0.15, 0.2) is 0 Å². The quantitative estimate of drug-likeness (QED) is 0.373. The third kappa shape index (κ3) is 3.57. The first-order valence-corrected chi connectivity index (χ1v) is 4.20. The lowest BCUT2D eigenvalue weighted by atomic mass is 9.93. The summed E-state index contributed by atoms with van der Waals surface area (Å²) < 4.78 is 22.5. The minimum absolute atomic E-state index is 0.375. The zero-order valence-corrected chi connectivity index (χ0v) is 7.16. The maximum Gasteiger partial charge on any atom is 0.301 e. The van der Waals surface area contributed by atoms with Gasteiger partial charge in [0.25, 0.3) is 0 Å². The van der Waals surface area contributed by atoms with Crippen LogP contribution in [0.5, 0.6) is 0 Å². The lowest BCUT2D eigenvalue weighted by molar-refractivity contribution is -0.0245. The fraction of sp³-hybridized carbons (Fsp3) is 1.00. The smallest absolute Gasteiger partial charge is 0.301 e. The van der Waals surface area contributed by atoms with Gasteiger partial charge in [-0.2, -0.15) is 4.21 Å². The Balaban J connectivity index is 4.01. The molecule has 0 saturated carbocycles. The van der Waals surface area contributed by atoms with Gasteiger partial charge in [-0.15, -0.1) is 0 Å². The second-order valence-corrected chi connectivity index (χ2v) is 3.12. The largest absolute Gasteiger partial charge is 0.396 e. The molecule has 0 saturated heterocycles. The van der Waals surface area contributed by atoms with Crippen LogP contribution < -0.4 is 0 Å². The van der Waals surface area contributed by atoms with Gasteiger partial charge in [0, 0.05) is 0 Å². The third-order valence-corrected chi connectivity index (χ3v) is 1.79. The first-order valence-electron chi connectivity index (χ1n) is 3.17. The van der Waals surface area contributed by atoms with Gasteiger partial charge in [0.05, 0.1) is 31.8 Å². The van der Waals surface area contributed by atoms with Crippen LogP contribution in [0.1, 0.15) is 0 Å². The van der Waals surface area contributed by atoms with Crippen LogP contribution >= 0.6 is 0 Å². The third-order valence-electron chi connectivity index (χ3n) is 1.47. The van der Waals surface area contributed by atoms with Crippen molar-refractivity contribution in [1.82, 2.24) is 0 Å². The Morgan fingerprint density at radius 3 is 1.83 bits per heavy atom. The van der Waals surface area contributed by atoms with E-state index in [1.807, 2.05) is 0 Å². The molecule has 0 rings (SSSR count). The highest BCUT2D eigenvalue weighted by Gasteiger charge is 2.29. The highest BCUT2D eigenvalue weighted by Crippen LogP contribution is 2.15. The van der Waals surface area contributed by atoms with Crippen molar-refractivity contribution in [2.24, 2.45) is 5.41 Å². The van der Waals surface area contributed by atoms with E-state index in [4.69, 9.17) is 19.9 Å². The predicted molar refractivity (Wildman–Crippen MR) is 40.4 cm³/mol. The summed E-state index contributed by atoms with van der Waals surface area (Å²) >= 11 is -2.45. The summed E-state index contributed by atoms with van der Waals surface area (Å²) in [6, 6.07) is 0. The van der Waals surface area contributed by atoms with E-state index >= 15 is 0 Å². The average Bonchev–Trinajstić information content (AvgIpc) is 2.08. The summed E-state index contributed by atoms with van der Waals surface area (Å²) in [5.41, 5.74) is -1.25. The van der Waals surface area contributed by atoms with E-state index < -0.39 is 36.6 Å². The van der Waals surface area contributed by atoms with E-state index in [-0.39, 0.29) is 6.61 Å². The summed E-state index contributed by atoms with van der Waals surface area (Å²) in [6.07, 6.45) is 0. The molecular weight excluding hydrogens is 188 g/mol.